The van der Waals surface area contributed by atoms with Gasteiger partial charge in [-0.2, -0.15) is 4.98 Å². The van der Waals surface area contributed by atoms with E-state index in [1.165, 1.54) is 31.9 Å². The van der Waals surface area contributed by atoms with Gasteiger partial charge in [-0.25, -0.2) is 4.79 Å². The summed E-state index contributed by atoms with van der Waals surface area (Å²) in [6, 6.07) is 33.2. The smallest absolute Gasteiger partial charge is 0.362 e. The van der Waals surface area contributed by atoms with Gasteiger partial charge in [-0.3, -0.25) is 13.9 Å². The zero-order valence-electron chi connectivity index (χ0n) is 36.6. The molecular formula is C47H59N4O11P. The molecule has 1 fully saturated rings. The fourth-order valence-corrected chi connectivity index (χ4v) is 8.46. The Labute approximate surface area is 368 Å². The molecule has 1 saturated heterocycles. The Bertz CT molecular complexity index is 2240. The molecule has 63 heavy (non-hydrogen) atoms. The maximum atomic E-state index is 13.6. The molecule has 0 unspecified atom stereocenters. The summed E-state index contributed by atoms with van der Waals surface area (Å²) in [4.78, 5) is 54.6. The summed E-state index contributed by atoms with van der Waals surface area (Å²) < 4.78 is 44.5. The predicted molar refractivity (Wildman–Crippen MR) is 240 cm³/mol. The van der Waals surface area contributed by atoms with Crippen molar-refractivity contribution >= 4 is 19.3 Å². The standard InChI is InChI=1S/C41H44N3O11P.C6H15N/c1-4-5-26-53-36-38(44-25-24-35(43-39(44)46)42-37(45)28-12-8-6-9-13-28)55-34(41(36,47)56(48,49)50)27-54-40(29-14-10-7-11-15-29,30-16-20-32(51-2)21-17-30)31-18-22-33(52-3)23-19-31;1-4-7(5-2)6-3/h6-25,34,36,38,47H,4-5,26-27H2,1-3H3,(H2,48,49,50)(H,42,43,45,46);4-6H2,1-3H3/t34-,36+,38-,41+;/m1./s1. The number of nitrogens with one attached hydrogen (secondary N) is 1. The normalized spacial score (nSPS) is 18.7. The van der Waals surface area contributed by atoms with Crippen LogP contribution < -0.4 is 20.5 Å². The van der Waals surface area contributed by atoms with Crippen LogP contribution in [0.15, 0.2) is 126 Å². The van der Waals surface area contributed by atoms with E-state index in [1.807, 2.05) is 61.5 Å². The van der Waals surface area contributed by atoms with Gasteiger partial charge in [0, 0.05) is 18.4 Å². The lowest BCUT2D eigenvalue weighted by atomic mass is 9.80. The third kappa shape index (κ3) is 11.1. The number of benzene rings is 4. The second kappa shape index (κ2) is 22.4. The number of carbonyl (C=O) groups excluding carboxylic acids is 1. The van der Waals surface area contributed by atoms with Crippen LogP contribution in [0.3, 0.4) is 0 Å². The molecule has 6 rings (SSSR count). The first-order valence-corrected chi connectivity index (χ1v) is 22.6. The first-order valence-electron chi connectivity index (χ1n) is 21.0. The second-order valence-corrected chi connectivity index (χ2v) is 16.5. The van der Waals surface area contributed by atoms with Gasteiger partial charge in [0.05, 0.1) is 20.8 Å². The number of nitrogens with zero attached hydrogens (tertiary/aromatic N) is 3. The van der Waals surface area contributed by atoms with Crippen molar-refractivity contribution in [2.24, 2.45) is 0 Å². The molecule has 1 aliphatic heterocycles. The van der Waals surface area contributed by atoms with Gasteiger partial charge in [0.25, 0.3) is 5.91 Å². The lowest BCUT2D eigenvalue weighted by Gasteiger charge is -2.39. The van der Waals surface area contributed by atoms with Gasteiger partial charge in [0.15, 0.2) is 6.23 Å². The topological polar surface area (TPSA) is 191 Å². The number of unbranched alkanes of at least 4 members (excludes halogenated alkanes) is 1. The number of amides is 1. The average Bonchev–Trinajstić information content (AvgIpc) is 3.60. The minimum Gasteiger partial charge on any atom is -0.497 e. The summed E-state index contributed by atoms with van der Waals surface area (Å²) in [5.41, 5.74) is -0.162. The minimum absolute atomic E-state index is 0.0179. The maximum Gasteiger partial charge on any atom is 0.362 e. The average molecular weight is 887 g/mol. The van der Waals surface area contributed by atoms with Crippen LogP contribution in [0, 0.1) is 0 Å². The third-order valence-electron chi connectivity index (χ3n) is 11.1. The molecule has 2 heterocycles. The molecule has 1 aliphatic rings. The molecule has 4 N–H and O–H groups in total. The van der Waals surface area contributed by atoms with E-state index in [4.69, 9.17) is 23.7 Å². The van der Waals surface area contributed by atoms with E-state index in [0.29, 0.717) is 46.6 Å². The summed E-state index contributed by atoms with van der Waals surface area (Å²) >= 11 is 0. The Morgan fingerprint density at radius 2 is 1.35 bits per heavy atom. The van der Waals surface area contributed by atoms with E-state index in [2.05, 4.69) is 36.0 Å². The van der Waals surface area contributed by atoms with Crippen LogP contribution in [0.4, 0.5) is 5.82 Å². The maximum absolute atomic E-state index is 13.6. The lowest BCUT2D eigenvalue weighted by Crippen LogP contribution is -2.51. The van der Waals surface area contributed by atoms with Crippen molar-refractivity contribution in [2.75, 3.05) is 52.4 Å². The minimum atomic E-state index is -5.54. The fraction of sp³-hybridized carbons (Fsp3) is 0.383. The summed E-state index contributed by atoms with van der Waals surface area (Å²) in [7, 11) is -2.45. The molecular weight excluding hydrogens is 828 g/mol. The molecule has 0 aliphatic carbocycles. The molecule has 15 nitrogen and oxygen atoms in total. The first kappa shape index (κ1) is 48.8. The van der Waals surface area contributed by atoms with Crippen LogP contribution in [0.5, 0.6) is 11.5 Å². The number of methoxy groups -OCH3 is 2. The number of rotatable bonds is 19. The van der Waals surface area contributed by atoms with Crippen molar-refractivity contribution in [3.63, 3.8) is 0 Å². The van der Waals surface area contributed by atoms with Gasteiger partial charge >= 0.3 is 13.3 Å². The van der Waals surface area contributed by atoms with Crippen LogP contribution in [0.1, 0.15) is 73.8 Å². The molecule has 4 atom stereocenters. The van der Waals surface area contributed by atoms with Gasteiger partial charge < -0.3 is 48.8 Å². The van der Waals surface area contributed by atoms with Gasteiger partial charge in [-0.1, -0.05) is 107 Å². The summed E-state index contributed by atoms with van der Waals surface area (Å²) in [5.74, 6) is 0.593. The zero-order chi connectivity index (χ0) is 45.6. The Balaban J connectivity index is 0.000000985. The van der Waals surface area contributed by atoms with Crippen molar-refractivity contribution in [3.8, 4) is 11.5 Å². The molecule has 5 aromatic rings. The van der Waals surface area contributed by atoms with E-state index in [0.717, 1.165) is 4.57 Å². The van der Waals surface area contributed by atoms with E-state index < -0.39 is 55.2 Å². The highest BCUT2D eigenvalue weighted by atomic mass is 31.2. The quantitative estimate of drug-likeness (QED) is 0.0384. The van der Waals surface area contributed by atoms with Gasteiger partial charge in [-0.15, -0.1) is 0 Å². The van der Waals surface area contributed by atoms with Crippen molar-refractivity contribution < 1.29 is 47.9 Å². The molecule has 4 aromatic carbocycles. The van der Waals surface area contributed by atoms with E-state index in [-0.39, 0.29) is 12.4 Å². The number of carbonyl (C=O) groups is 1. The largest absolute Gasteiger partial charge is 0.497 e. The Morgan fingerprint density at radius 3 is 1.81 bits per heavy atom. The van der Waals surface area contributed by atoms with E-state index in [1.54, 1.807) is 68.8 Å². The number of aromatic nitrogens is 2. The summed E-state index contributed by atoms with van der Waals surface area (Å²) in [6.07, 6.45) is -2.71. The summed E-state index contributed by atoms with van der Waals surface area (Å²) in [6.45, 7) is 11.4. The van der Waals surface area contributed by atoms with Crippen molar-refractivity contribution in [1.29, 1.82) is 0 Å². The van der Waals surface area contributed by atoms with E-state index >= 15 is 0 Å². The first-order chi connectivity index (χ1) is 30.3. The van der Waals surface area contributed by atoms with Crippen LogP contribution >= 0.6 is 7.60 Å². The van der Waals surface area contributed by atoms with Gasteiger partial charge in [0.2, 0.25) is 5.34 Å². The number of hydrogen-bond acceptors (Lipinski definition) is 11. The molecule has 0 spiro atoms. The number of ether oxygens (including phenoxy) is 5. The van der Waals surface area contributed by atoms with Crippen molar-refractivity contribution in [1.82, 2.24) is 14.5 Å². The Kier molecular flexibility index (Phi) is 17.4. The molecule has 0 bridgehead atoms. The fourth-order valence-electron chi connectivity index (χ4n) is 7.42. The number of anilines is 1. The monoisotopic (exact) mass is 886 g/mol. The zero-order valence-corrected chi connectivity index (χ0v) is 37.5. The lowest BCUT2D eigenvalue weighted by molar-refractivity contribution is -0.106. The van der Waals surface area contributed by atoms with Crippen LogP contribution in [0.2, 0.25) is 0 Å². The molecule has 16 heteroatoms. The van der Waals surface area contributed by atoms with Crippen molar-refractivity contribution in [3.05, 3.63) is 154 Å². The van der Waals surface area contributed by atoms with Crippen molar-refractivity contribution in [2.45, 2.75) is 69.9 Å². The van der Waals surface area contributed by atoms with Crippen LogP contribution in [-0.4, -0.2) is 99.9 Å². The molecule has 0 saturated carbocycles. The number of aliphatic hydroxyl groups is 1. The Hall–Kier alpha value is -5.22. The van der Waals surface area contributed by atoms with Gasteiger partial charge in [0.1, 0.15) is 35.1 Å². The molecule has 338 valence electrons. The van der Waals surface area contributed by atoms with E-state index in [9.17, 15) is 29.0 Å². The van der Waals surface area contributed by atoms with Gasteiger partial charge in [-0.05, 0) is 85.2 Å². The molecule has 1 aromatic heterocycles. The predicted octanol–water partition coefficient (Wildman–Crippen LogP) is 6.82. The summed E-state index contributed by atoms with van der Waals surface area (Å²) in [5, 5.41) is 11.9. The molecule has 0 radical (unpaired) electrons. The second-order valence-electron chi connectivity index (χ2n) is 14.7. The van der Waals surface area contributed by atoms with Crippen LogP contribution in [0.25, 0.3) is 0 Å². The number of hydrogen-bond donors (Lipinski definition) is 4. The van der Waals surface area contributed by atoms with Crippen LogP contribution in [-0.2, 0) is 24.4 Å². The SMILES string of the molecule is CCCCO[C@H]1[C@H](n2ccc(NC(=O)c3ccccc3)nc2=O)O[C@H](COC(c2ccccc2)(c2ccc(OC)cc2)c2ccc(OC)cc2)[C@]1(O)P(=O)(O)O.CCN(CC)CC. The highest BCUT2D eigenvalue weighted by molar-refractivity contribution is 7.53. The highest BCUT2D eigenvalue weighted by Gasteiger charge is 2.67. The highest BCUT2D eigenvalue weighted by Crippen LogP contribution is 2.60. The Morgan fingerprint density at radius 1 is 0.825 bits per heavy atom. The molecule has 1 amide bonds. The third-order valence-corrected chi connectivity index (χ3v) is 12.5.